The molecule has 0 spiro atoms. The van der Waals surface area contributed by atoms with Crippen LogP contribution in [-0.4, -0.2) is 9.55 Å². The Morgan fingerprint density at radius 3 is 2.20 bits per heavy atom. The minimum Gasteiger partial charge on any atom is -0.399 e. The van der Waals surface area contributed by atoms with E-state index in [1.807, 2.05) is 18.2 Å². The lowest BCUT2D eigenvalue weighted by Gasteiger charge is -2.10. The maximum atomic E-state index is 5.95. The number of hydrogen-bond acceptors (Lipinski definition) is 2. The molecule has 1 heterocycles. The van der Waals surface area contributed by atoms with Crippen molar-refractivity contribution in [1.29, 1.82) is 0 Å². The Balaban J connectivity index is 1.70. The summed E-state index contributed by atoms with van der Waals surface area (Å²) in [5, 5.41) is 0. The van der Waals surface area contributed by atoms with Gasteiger partial charge < -0.3 is 10.3 Å². The molecule has 0 fully saturated rings. The molecule has 0 bridgehead atoms. The first-order valence-electron chi connectivity index (χ1n) is 8.62. The second-order valence-electron chi connectivity index (χ2n) is 6.33. The van der Waals surface area contributed by atoms with Crippen molar-refractivity contribution in [3.8, 4) is 0 Å². The maximum Gasteiger partial charge on any atom is 0.114 e. The molecule has 0 saturated heterocycles. The lowest BCUT2D eigenvalue weighted by atomic mass is 10.1. The third-order valence-electron chi connectivity index (χ3n) is 4.52. The molecule has 0 radical (unpaired) electrons. The van der Waals surface area contributed by atoms with Crippen LogP contribution in [0.5, 0.6) is 0 Å². The molecule has 0 aliphatic rings. The molecule has 0 aliphatic carbocycles. The number of hydrogen-bond donors (Lipinski definition) is 1. The van der Waals surface area contributed by atoms with Crippen molar-refractivity contribution in [1.82, 2.24) is 9.55 Å². The number of imidazole rings is 1. The van der Waals surface area contributed by atoms with Gasteiger partial charge in [0, 0.05) is 18.7 Å². The second-order valence-corrected chi connectivity index (χ2v) is 6.33. The fourth-order valence-electron chi connectivity index (χ4n) is 3.25. The fourth-order valence-corrected chi connectivity index (χ4v) is 3.25. The van der Waals surface area contributed by atoms with Gasteiger partial charge in [-0.1, -0.05) is 60.7 Å². The highest BCUT2D eigenvalue weighted by molar-refractivity contribution is 5.79. The van der Waals surface area contributed by atoms with Gasteiger partial charge in [0.15, 0.2) is 0 Å². The third kappa shape index (κ3) is 3.41. The summed E-state index contributed by atoms with van der Waals surface area (Å²) in [7, 11) is 0. The SMILES string of the molecule is Nc1ccc2c(c1)nc(Cc1ccccc1)n2CCc1ccccc1. The molecule has 4 aromatic rings. The van der Waals surface area contributed by atoms with E-state index < -0.39 is 0 Å². The highest BCUT2D eigenvalue weighted by atomic mass is 15.1. The van der Waals surface area contributed by atoms with Crippen LogP contribution < -0.4 is 5.73 Å². The molecule has 3 aromatic carbocycles. The summed E-state index contributed by atoms with van der Waals surface area (Å²) in [5.41, 5.74) is 11.4. The normalized spacial score (nSPS) is 11.0. The van der Waals surface area contributed by atoms with Crippen LogP contribution in [0.3, 0.4) is 0 Å². The summed E-state index contributed by atoms with van der Waals surface area (Å²) < 4.78 is 2.33. The molecule has 2 N–H and O–H groups in total. The molecule has 25 heavy (non-hydrogen) atoms. The molecule has 124 valence electrons. The maximum absolute atomic E-state index is 5.95. The van der Waals surface area contributed by atoms with Crippen molar-refractivity contribution in [3.63, 3.8) is 0 Å². The van der Waals surface area contributed by atoms with Crippen molar-refractivity contribution in [2.45, 2.75) is 19.4 Å². The van der Waals surface area contributed by atoms with Crippen LogP contribution in [0.2, 0.25) is 0 Å². The van der Waals surface area contributed by atoms with Crippen molar-refractivity contribution in [2.24, 2.45) is 0 Å². The summed E-state index contributed by atoms with van der Waals surface area (Å²) in [5.74, 6) is 1.09. The first-order valence-corrected chi connectivity index (χ1v) is 8.62. The molecular formula is C22H21N3. The Bertz CT molecular complexity index is 972. The molecule has 0 aliphatic heterocycles. The molecule has 0 atom stereocenters. The van der Waals surface area contributed by atoms with Gasteiger partial charge in [0.1, 0.15) is 5.82 Å². The standard InChI is InChI=1S/C22H21N3/c23-19-11-12-21-20(16-19)24-22(15-18-9-5-2-6-10-18)25(21)14-13-17-7-3-1-4-8-17/h1-12,16H,13-15,23H2. The van der Waals surface area contributed by atoms with Crippen molar-refractivity contribution in [3.05, 3.63) is 95.8 Å². The largest absolute Gasteiger partial charge is 0.399 e. The van der Waals surface area contributed by atoms with Gasteiger partial charge in [-0.15, -0.1) is 0 Å². The summed E-state index contributed by atoms with van der Waals surface area (Å²) in [6, 6.07) is 27.1. The number of nitrogen functional groups attached to an aromatic ring is 1. The lowest BCUT2D eigenvalue weighted by Crippen LogP contribution is -2.07. The Hall–Kier alpha value is -3.07. The lowest BCUT2D eigenvalue weighted by molar-refractivity contribution is 0.679. The van der Waals surface area contributed by atoms with Gasteiger partial charge in [0.2, 0.25) is 0 Å². The van der Waals surface area contributed by atoms with Crippen molar-refractivity contribution < 1.29 is 0 Å². The van der Waals surface area contributed by atoms with E-state index in [-0.39, 0.29) is 0 Å². The average Bonchev–Trinajstić information content (AvgIpc) is 2.97. The number of rotatable bonds is 5. The molecule has 3 nitrogen and oxygen atoms in total. The average molecular weight is 327 g/mol. The van der Waals surface area contributed by atoms with Gasteiger partial charge in [-0.25, -0.2) is 4.98 Å². The summed E-state index contributed by atoms with van der Waals surface area (Å²) in [6.45, 7) is 0.909. The Kier molecular flexibility index (Phi) is 4.21. The number of anilines is 1. The van der Waals surface area contributed by atoms with E-state index in [4.69, 9.17) is 10.7 Å². The van der Waals surface area contributed by atoms with Crippen LogP contribution >= 0.6 is 0 Å². The Morgan fingerprint density at radius 1 is 0.800 bits per heavy atom. The van der Waals surface area contributed by atoms with E-state index in [9.17, 15) is 0 Å². The van der Waals surface area contributed by atoms with Crippen molar-refractivity contribution >= 4 is 16.7 Å². The van der Waals surface area contributed by atoms with E-state index in [1.165, 1.54) is 11.1 Å². The highest BCUT2D eigenvalue weighted by Gasteiger charge is 2.11. The van der Waals surface area contributed by atoms with E-state index in [2.05, 4.69) is 65.2 Å². The smallest absolute Gasteiger partial charge is 0.114 e. The van der Waals surface area contributed by atoms with Crippen molar-refractivity contribution in [2.75, 3.05) is 5.73 Å². The van der Waals surface area contributed by atoms with Gasteiger partial charge in [-0.2, -0.15) is 0 Å². The monoisotopic (exact) mass is 327 g/mol. The van der Waals surface area contributed by atoms with Gasteiger partial charge >= 0.3 is 0 Å². The molecule has 0 saturated carbocycles. The van der Waals surface area contributed by atoms with E-state index in [0.717, 1.165) is 41.9 Å². The number of aryl methyl sites for hydroxylation is 2. The minimum atomic E-state index is 0.756. The molecule has 3 heteroatoms. The van der Waals surface area contributed by atoms with Gasteiger partial charge in [-0.3, -0.25) is 0 Å². The quantitative estimate of drug-likeness (QED) is 0.550. The van der Waals surface area contributed by atoms with Gasteiger partial charge in [-0.05, 0) is 35.7 Å². The van der Waals surface area contributed by atoms with Crippen LogP contribution in [0.15, 0.2) is 78.9 Å². The van der Waals surface area contributed by atoms with Gasteiger partial charge in [0.25, 0.3) is 0 Å². The molecule has 0 unspecified atom stereocenters. The molecular weight excluding hydrogens is 306 g/mol. The first-order chi connectivity index (χ1) is 12.3. The number of nitrogens with two attached hydrogens (primary N) is 1. The van der Waals surface area contributed by atoms with Crippen LogP contribution in [0, 0.1) is 0 Å². The number of benzene rings is 3. The molecule has 1 aromatic heterocycles. The zero-order valence-corrected chi connectivity index (χ0v) is 14.1. The second kappa shape index (κ2) is 6.81. The van der Waals surface area contributed by atoms with Crippen LogP contribution in [0.1, 0.15) is 17.0 Å². The van der Waals surface area contributed by atoms with E-state index in [1.54, 1.807) is 0 Å². The van der Waals surface area contributed by atoms with E-state index >= 15 is 0 Å². The highest BCUT2D eigenvalue weighted by Crippen LogP contribution is 2.21. The predicted molar refractivity (Wildman–Crippen MR) is 104 cm³/mol. The third-order valence-corrected chi connectivity index (χ3v) is 4.52. The zero-order chi connectivity index (χ0) is 17.1. The van der Waals surface area contributed by atoms with Gasteiger partial charge in [0.05, 0.1) is 11.0 Å². The summed E-state index contributed by atoms with van der Waals surface area (Å²) in [4.78, 5) is 4.86. The number of aromatic nitrogens is 2. The zero-order valence-electron chi connectivity index (χ0n) is 14.1. The molecule has 0 amide bonds. The minimum absolute atomic E-state index is 0.756. The Labute approximate surface area is 147 Å². The van der Waals surface area contributed by atoms with Crippen LogP contribution in [0.4, 0.5) is 5.69 Å². The fraction of sp³-hybridized carbons (Fsp3) is 0.136. The Morgan fingerprint density at radius 2 is 1.48 bits per heavy atom. The van der Waals surface area contributed by atoms with Crippen LogP contribution in [0.25, 0.3) is 11.0 Å². The summed E-state index contributed by atoms with van der Waals surface area (Å²) in [6.07, 6.45) is 1.81. The number of nitrogens with zero attached hydrogens (tertiary/aromatic N) is 2. The predicted octanol–water partition coefficient (Wildman–Crippen LogP) is 4.45. The summed E-state index contributed by atoms with van der Waals surface area (Å²) >= 11 is 0. The van der Waals surface area contributed by atoms with Crippen LogP contribution in [-0.2, 0) is 19.4 Å². The number of fused-ring (bicyclic) bond motifs is 1. The van der Waals surface area contributed by atoms with E-state index in [0.29, 0.717) is 0 Å². The molecule has 4 rings (SSSR count). The topological polar surface area (TPSA) is 43.8 Å². The first kappa shape index (κ1) is 15.5.